The monoisotopic (exact) mass is 362 g/mol. The fraction of sp³-hybridized carbons (Fsp3) is 0.412. The summed E-state index contributed by atoms with van der Waals surface area (Å²) in [6.07, 6.45) is 2.08. The number of nitro groups is 1. The number of nitro benzene ring substituents is 1. The molecule has 1 saturated heterocycles. The number of benzene rings is 1. The molecule has 0 N–H and O–H groups in total. The molecule has 1 aliphatic heterocycles. The molecule has 0 radical (unpaired) electrons. The zero-order valence-corrected chi connectivity index (χ0v) is 14.6. The van der Waals surface area contributed by atoms with Gasteiger partial charge in [0.05, 0.1) is 4.92 Å². The summed E-state index contributed by atoms with van der Waals surface area (Å²) in [5.41, 5.74) is -0.0281. The third-order valence-corrected chi connectivity index (χ3v) is 5.34. The minimum atomic E-state index is -0.581. The summed E-state index contributed by atoms with van der Waals surface area (Å²) in [5, 5.41) is 11.4. The summed E-state index contributed by atoms with van der Waals surface area (Å²) in [6, 6.07) is 5.98. The van der Waals surface area contributed by atoms with Crippen LogP contribution in [0.3, 0.4) is 0 Å². The predicted molar refractivity (Wildman–Crippen MR) is 93.7 cm³/mol. The summed E-state index contributed by atoms with van der Waals surface area (Å²) in [4.78, 5) is 36.7. The van der Waals surface area contributed by atoms with Crippen LogP contribution in [-0.4, -0.2) is 41.4 Å². The van der Waals surface area contributed by atoms with Crippen molar-refractivity contribution in [1.29, 1.82) is 0 Å². The molecule has 8 heteroatoms. The molecular weight excluding hydrogens is 344 g/mol. The lowest BCUT2D eigenvalue weighted by Crippen LogP contribution is -2.41. The number of esters is 1. The van der Waals surface area contributed by atoms with Gasteiger partial charge in [0.15, 0.2) is 6.61 Å². The third-order valence-electron chi connectivity index (χ3n) is 4.25. The number of rotatable bonds is 4. The normalized spacial score (nSPS) is 17.5. The molecule has 0 bridgehead atoms. The van der Waals surface area contributed by atoms with Gasteiger partial charge in [-0.25, -0.2) is 4.79 Å². The largest absolute Gasteiger partial charge is 0.451 e. The van der Waals surface area contributed by atoms with Crippen LogP contribution in [0.25, 0.3) is 10.1 Å². The summed E-state index contributed by atoms with van der Waals surface area (Å²) >= 11 is 1.19. The molecule has 1 atom stereocenters. The number of carbonyl (C=O) groups is 2. The Bertz CT molecular complexity index is 832. The van der Waals surface area contributed by atoms with E-state index < -0.39 is 10.9 Å². The number of amides is 1. The quantitative estimate of drug-likeness (QED) is 0.473. The van der Waals surface area contributed by atoms with Gasteiger partial charge in [-0.15, -0.1) is 11.3 Å². The van der Waals surface area contributed by atoms with Gasteiger partial charge in [0, 0.05) is 35.3 Å². The number of likely N-dealkylation sites (tertiary alicyclic amines) is 1. The van der Waals surface area contributed by atoms with Crippen molar-refractivity contribution in [2.24, 2.45) is 5.92 Å². The highest BCUT2D eigenvalue weighted by molar-refractivity contribution is 7.20. The Morgan fingerprint density at radius 2 is 2.20 bits per heavy atom. The van der Waals surface area contributed by atoms with Crippen LogP contribution in [0.4, 0.5) is 5.69 Å². The number of thiophene rings is 1. The topological polar surface area (TPSA) is 89.8 Å². The molecule has 2 heterocycles. The Labute approximate surface area is 148 Å². The van der Waals surface area contributed by atoms with Gasteiger partial charge in [-0.1, -0.05) is 6.92 Å². The summed E-state index contributed by atoms with van der Waals surface area (Å²) < 4.78 is 5.89. The average Bonchev–Trinajstić information content (AvgIpc) is 3.02. The smallest absolute Gasteiger partial charge is 0.348 e. The Kier molecular flexibility index (Phi) is 4.98. The number of non-ortho nitro benzene ring substituents is 1. The van der Waals surface area contributed by atoms with Crippen molar-refractivity contribution >= 4 is 39.0 Å². The summed E-state index contributed by atoms with van der Waals surface area (Å²) in [7, 11) is 0. The lowest BCUT2D eigenvalue weighted by atomic mass is 10.0. The van der Waals surface area contributed by atoms with Gasteiger partial charge in [0.1, 0.15) is 4.88 Å². The van der Waals surface area contributed by atoms with Crippen LogP contribution in [-0.2, 0) is 9.53 Å². The molecule has 0 aliphatic carbocycles. The molecule has 1 aromatic heterocycles. The standard InChI is InChI=1S/C17H18N2O5S/c1-11-3-2-6-18(9-11)16(20)10-24-17(21)15-8-12-7-13(19(22)23)4-5-14(12)25-15/h4-5,7-8,11H,2-3,6,9-10H2,1H3/t11-/m0/s1. The molecule has 0 unspecified atom stereocenters. The minimum absolute atomic E-state index is 0.0281. The van der Waals surface area contributed by atoms with E-state index in [4.69, 9.17) is 4.74 Å². The molecule has 7 nitrogen and oxygen atoms in total. The lowest BCUT2D eigenvalue weighted by Gasteiger charge is -2.30. The van der Waals surface area contributed by atoms with Crippen LogP contribution in [0, 0.1) is 16.0 Å². The number of nitrogens with zero attached hydrogens (tertiary/aromatic N) is 2. The van der Waals surface area contributed by atoms with Crippen LogP contribution < -0.4 is 0 Å². The van der Waals surface area contributed by atoms with Gasteiger partial charge >= 0.3 is 5.97 Å². The van der Waals surface area contributed by atoms with E-state index in [0.717, 1.165) is 17.5 Å². The maximum atomic E-state index is 12.2. The van der Waals surface area contributed by atoms with Crippen molar-refractivity contribution < 1.29 is 19.2 Å². The van der Waals surface area contributed by atoms with Crippen LogP contribution in [0.5, 0.6) is 0 Å². The number of hydrogen-bond acceptors (Lipinski definition) is 6. The Balaban J connectivity index is 1.64. The second-order valence-electron chi connectivity index (χ2n) is 6.25. The number of fused-ring (bicyclic) bond motifs is 1. The highest BCUT2D eigenvalue weighted by Gasteiger charge is 2.22. The van der Waals surface area contributed by atoms with E-state index >= 15 is 0 Å². The van der Waals surface area contributed by atoms with E-state index in [2.05, 4.69) is 6.92 Å². The van der Waals surface area contributed by atoms with E-state index in [0.29, 0.717) is 29.3 Å². The second kappa shape index (κ2) is 7.18. The Morgan fingerprint density at radius 1 is 1.40 bits per heavy atom. The third kappa shape index (κ3) is 3.96. The Hall–Kier alpha value is -2.48. The van der Waals surface area contributed by atoms with E-state index in [9.17, 15) is 19.7 Å². The van der Waals surface area contributed by atoms with Crippen LogP contribution in [0.1, 0.15) is 29.4 Å². The Morgan fingerprint density at radius 3 is 2.92 bits per heavy atom. The lowest BCUT2D eigenvalue weighted by molar-refractivity contribution is -0.384. The highest BCUT2D eigenvalue weighted by Crippen LogP contribution is 2.29. The van der Waals surface area contributed by atoms with Crippen molar-refractivity contribution in [2.75, 3.05) is 19.7 Å². The van der Waals surface area contributed by atoms with E-state index in [1.54, 1.807) is 17.0 Å². The molecule has 1 amide bonds. The van der Waals surface area contributed by atoms with Gasteiger partial charge in [-0.05, 0) is 30.9 Å². The zero-order chi connectivity index (χ0) is 18.0. The van der Waals surface area contributed by atoms with E-state index in [1.807, 2.05) is 0 Å². The van der Waals surface area contributed by atoms with Crippen LogP contribution in [0.15, 0.2) is 24.3 Å². The summed E-state index contributed by atoms with van der Waals surface area (Å²) in [6.45, 7) is 3.22. The van der Waals surface area contributed by atoms with E-state index in [-0.39, 0.29) is 18.2 Å². The number of carbonyl (C=O) groups excluding carboxylic acids is 2. The van der Waals surface area contributed by atoms with Crippen molar-refractivity contribution in [2.45, 2.75) is 19.8 Å². The van der Waals surface area contributed by atoms with Gasteiger partial charge in [-0.2, -0.15) is 0 Å². The van der Waals surface area contributed by atoms with Crippen molar-refractivity contribution in [1.82, 2.24) is 4.90 Å². The van der Waals surface area contributed by atoms with Gasteiger partial charge in [-0.3, -0.25) is 14.9 Å². The zero-order valence-electron chi connectivity index (χ0n) is 13.8. The fourth-order valence-electron chi connectivity index (χ4n) is 2.95. The first kappa shape index (κ1) is 17.3. The number of ether oxygens (including phenoxy) is 1. The van der Waals surface area contributed by atoms with Crippen LogP contribution >= 0.6 is 11.3 Å². The molecular formula is C17H18N2O5S. The molecule has 132 valence electrons. The molecule has 2 aromatic rings. The second-order valence-corrected chi connectivity index (χ2v) is 7.34. The number of hydrogen-bond donors (Lipinski definition) is 0. The molecule has 25 heavy (non-hydrogen) atoms. The fourth-order valence-corrected chi connectivity index (χ4v) is 3.89. The maximum absolute atomic E-state index is 12.2. The molecule has 1 fully saturated rings. The van der Waals surface area contributed by atoms with E-state index in [1.165, 1.54) is 23.5 Å². The SMILES string of the molecule is C[C@H]1CCCN(C(=O)COC(=O)c2cc3cc([N+](=O)[O-])ccc3s2)C1. The van der Waals surface area contributed by atoms with Gasteiger partial charge in [0.25, 0.3) is 11.6 Å². The van der Waals surface area contributed by atoms with Crippen molar-refractivity contribution in [3.05, 3.63) is 39.3 Å². The molecule has 1 aromatic carbocycles. The molecule has 3 rings (SSSR count). The minimum Gasteiger partial charge on any atom is -0.451 e. The average molecular weight is 362 g/mol. The molecule has 1 aliphatic rings. The first-order chi connectivity index (χ1) is 11.9. The van der Waals surface area contributed by atoms with Crippen LogP contribution in [0.2, 0.25) is 0 Å². The highest BCUT2D eigenvalue weighted by atomic mass is 32.1. The first-order valence-corrected chi connectivity index (χ1v) is 8.88. The predicted octanol–water partition coefficient (Wildman–Crippen LogP) is 3.22. The summed E-state index contributed by atoms with van der Waals surface area (Å²) in [5.74, 6) is -0.300. The number of piperidine rings is 1. The first-order valence-electron chi connectivity index (χ1n) is 8.07. The molecule has 0 spiro atoms. The maximum Gasteiger partial charge on any atom is 0.348 e. The van der Waals surface area contributed by atoms with Gasteiger partial charge < -0.3 is 9.64 Å². The molecule has 0 saturated carbocycles. The van der Waals surface area contributed by atoms with Gasteiger partial charge in [0.2, 0.25) is 0 Å². The van der Waals surface area contributed by atoms with Crippen molar-refractivity contribution in [3.63, 3.8) is 0 Å². The van der Waals surface area contributed by atoms with Crippen molar-refractivity contribution in [3.8, 4) is 0 Å².